The monoisotopic (exact) mass is 492 g/mol. The van der Waals surface area contributed by atoms with E-state index in [4.69, 9.17) is 4.74 Å². The van der Waals surface area contributed by atoms with Crippen LogP contribution >= 0.6 is 0 Å². The zero-order chi connectivity index (χ0) is 23.6. The molecule has 2 saturated heterocycles. The standard InChI is InChI=1S/C24H32N2O5S2/c1-19-8-13-24(21-6-4-3-5-7-21)33(29,30)26(19)18-20-9-11-22(12-10-20)31-23-14-16-25(17-15-23)32(2,27)28/h3-7,9-12,19,23-24H,8,13-18H2,1-2H3. The highest BCUT2D eigenvalue weighted by Crippen LogP contribution is 2.38. The number of hydrogen-bond acceptors (Lipinski definition) is 5. The van der Waals surface area contributed by atoms with Crippen LogP contribution < -0.4 is 4.74 Å². The Labute approximate surface area is 197 Å². The number of nitrogens with zero attached hydrogens (tertiary/aromatic N) is 2. The third-order valence-electron chi connectivity index (χ3n) is 6.63. The average Bonchev–Trinajstić information content (AvgIpc) is 2.78. The van der Waals surface area contributed by atoms with Crippen LogP contribution in [0.5, 0.6) is 5.75 Å². The summed E-state index contributed by atoms with van der Waals surface area (Å²) in [5.74, 6) is 0.716. The first-order valence-corrected chi connectivity index (χ1v) is 14.8. The van der Waals surface area contributed by atoms with Crippen molar-refractivity contribution in [1.29, 1.82) is 0 Å². The van der Waals surface area contributed by atoms with Gasteiger partial charge in [0, 0.05) is 25.7 Å². The lowest BCUT2D eigenvalue weighted by Crippen LogP contribution is -2.44. The summed E-state index contributed by atoms with van der Waals surface area (Å²) in [7, 11) is -6.62. The number of sulfonamides is 2. The minimum absolute atomic E-state index is 0.0250. The molecule has 180 valence electrons. The first kappa shape index (κ1) is 24.2. The number of benzene rings is 2. The molecular formula is C24H32N2O5S2. The summed E-state index contributed by atoms with van der Waals surface area (Å²) < 4.78 is 59.3. The van der Waals surface area contributed by atoms with Crippen LogP contribution in [0.2, 0.25) is 0 Å². The fourth-order valence-corrected chi connectivity index (χ4v) is 7.75. The third-order valence-corrected chi connectivity index (χ3v) is 10.3. The van der Waals surface area contributed by atoms with Gasteiger partial charge in [0.25, 0.3) is 0 Å². The lowest BCUT2D eigenvalue weighted by molar-refractivity contribution is 0.135. The van der Waals surface area contributed by atoms with Crippen molar-refractivity contribution < 1.29 is 21.6 Å². The lowest BCUT2D eigenvalue weighted by Gasteiger charge is -2.37. The van der Waals surface area contributed by atoms with E-state index in [9.17, 15) is 16.8 Å². The molecule has 2 unspecified atom stereocenters. The van der Waals surface area contributed by atoms with Crippen LogP contribution in [0, 0.1) is 0 Å². The first-order valence-electron chi connectivity index (χ1n) is 11.4. The van der Waals surface area contributed by atoms with Crippen molar-refractivity contribution in [2.45, 2.75) is 56.5 Å². The highest BCUT2D eigenvalue weighted by atomic mass is 32.2. The molecule has 2 heterocycles. The lowest BCUT2D eigenvalue weighted by atomic mass is 10.0. The minimum Gasteiger partial charge on any atom is -0.490 e. The van der Waals surface area contributed by atoms with Gasteiger partial charge in [-0.15, -0.1) is 0 Å². The van der Waals surface area contributed by atoms with Crippen molar-refractivity contribution >= 4 is 20.0 Å². The van der Waals surface area contributed by atoms with Gasteiger partial charge in [0.2, 0.25) is 20.0 Å². The van der Waals surface area contributed by atoms with E-state index in [1.165, 1.54) is 10.6 Å². The highest BCUT2D eigenvalue weighted by Gasteiger charge is 2.40. The van der Waals surface area contributed by atoms with Crippen LogP contribution in [0.4, 0.5) is 0 Å². The fraction of sp³-hybridized carbons (Fsp3) is 0.500. The van der Waals surface area contributed by atoms with E-state index < -0.39 is 25.3 Å². The molecular weight excluding hydrogens is 460 g/mol. The van der Waals surface area contributed by atoms with Crippen LogP contribution in [0.15, 0.2) is 54.6 Å². The molecule has 9 heteroatoms. The maximum Gasteiger partial charge on any atom is 0.221 e. The number of ether oxygens (including phenoxy) is 1. The van der Waals surface area contributed by atoms with Gasteiger partial charge in [-0.25, -0.2) is 21.1 Å². The van der Waals surface area contributed by atoms with E-state index in [1.54, 1.807) is 4.31 Å². The van der Waals surface area contributed by atoms with E-state index in [-0.39, 0.29) is 12.1 Å². The van der Waals surface area contributed by atoms with E-state index in [0.29, 0.717) is 44.6 Å². The van der Waals surface area contributed by atoms with Crippen molar-refractivity contribution in [3.8, 4) is 5.75 Å². The Balaban J connectivity index is 1.40. The number of piperidine rings is 1. The second-order valence-corrected chi connectivity index (χ2v) is 13.1. The SMILES string of the molecule is CC1CCC(c2ccccc2)S(=O)(=O)N1Cc1ccc(OC2CCN(S(C)(=O)=O)CC2)cc1. The molecule has 2 atom stereocenters. The van der Waals surface area contributed by atoms with E-state index >= 15 is 0 Å². The van der Waals surface area contributed by atoms with Gasteiger partial charge in [-0.2, -0.15) is 4.31 Å². The fourth-order valence-electron chi connectivity index (χ4n) is 4.68. The summed E-state index contributed by atoms with van der Waals surface area (Å²) in [4.78, 5) is 0. The summed E-state index contributed by atoms with van der Waals surface area (Å²) >= 11 is 0. The smallest absolute Gasteiger partial charge is 0.221 e. The molecule has 0 N–H and O–H groups in total. The topological polar surface area (TPSA) is 84.0 Å². The van der Waals surface area contributed by atoms with Gasteiger partial charge in [0.1, 0.15) is 17.1 Å². The van der Waals surface area contributed by atoms with Gasteiger partial charge in [-0.05, 0) is 55.9 Å². The van der Waals surface area contributed by atoms with Crippen LogP contribution in [0.25, 0.3) is 0 Å². The normalized spacial score (nSPS) is 25.0. The molecule has 4 rings (SSSR count). The van der Waals surface area contributed by atoms with Gasteiger partial charge in [-0.1, -0.05) is 42.5 Å². The van der Waals surface area contributed by atoms with E-state index in [0.717, 1.165) is 17.5 Å². The zero-order valence-corrected chi connectivity index (χ0v) is 20.8. The van der Waals surface area contributed by atoms with Crippen molar-refractivity contribution in [2.24, 2.45) is 0 Å². The Morgan fingerprint density at radius 3 is 2.18 bits per heavy atom. The van der Waals surface area contributed by atoms with Crippen molar-refractivity contribution in [2.75, 3.05) is 19.3 Å². The molecule has 2 aromatic carbocycles. The quantitative estimate of drug-likeness (QED) is 0.616. The molecule has 0 bridgehead atoms. The second kappa shape index (κ2) is 9.74. The van der Waals surface area contributed by atoms with Gasteiger partial charge in [0.15, 0.2) is 0 Å². The molecule has 0 spiro atoms. The zero-order valence-electron chi connectivity index (χ0n) is 19.1. The van der Waals surface area contributed by atoms with Crippen LogP contribution in [-0.2, 0) is 26.6 Å². The average molecular weight is 493 g/mol. The van der Waals surface area contributed by atoms with Crippen molar-refractivity contribution in [3.05, 3.63) is 65.7 Å². The Hall–Kier alpha value is -1.94. The number of hydrogen-bond donors (Lipinski definition) is 0. The Morgan fingerprint density at radius 2 is 1.58 bits per heavy atom. The highest BCUT2D eigenvalue weighted by molar-refractivity contribution is 7.89. The van der Waals surface area contributed by atoms with Crippen molar-refractivity contribution in [3.63, 3.8) is 0 Å². The summed E-state index contributed by atoms with van der Waals surface area (Å²) in [5.41, 5.74) is 1.76. The second-order valence-electron chi connectivity index (χ2n) is 9.04. The molecule has 2 aliphatic rings. The van der Waals surface area contributed by atoms with Gasteiger partial charge in [-0.3, -0.25) is 0 Å². The first-order chi connectivity index (χ1) is 15.6. The van der Waals surface area contributed by atoms with Crippen LogP contribution in [0.3, 0.4) is 0 Å². The maximum atomic E-state index is 13.4. The summed E-state index contributed by atoms with van der Waals surface area (Å²) in [6.07, 6.45) is 3.97. The predicted octanol–water partition coefficient (Wildman–Crippen LogP) is 3.54. The Morgan fingerprint density at radius 1 is 0.939 bits per heavy atom. The third kappa shape index (κ3) is 5.59. The minimum atomic E-state index is -3.47. The summed E-state index contributed by atoms with van der Waals surface area (Å²) in [6.45, 7) is 3.24. The molecule has 33 heavy (non-hydrogen) atoms. The van der Waals surface area contributed by atoms with Crippen LogP contribution in [-0.4, -0.2) is 56.9 Å². The van der Waals surface area contributed by atoms with Gasteiger partial charge in [0.05, 0.1) is 6.26 Å². The largest absolute Gasteiger partial charge is 0.490 e. The molecule has 7 nitrogen and oxygen atoms in total. The summed E-state index contributed by atoms with van der Waals surface area (Å²) in [6, 6.07) is 17.0. The van der Waals surface area contributed by atoms with E-state index in [2.05, 4.69) is 0 Å². The summed E-state index contributed by atoms with van der Waals surface area (Å²) in [5, 5.41) is -0.504. The van der Waals surface area contributed by atoms with Gasteiger partial charge < -0.3 is 4.74 Å². The van der Waals surface area contributed by atoms with Gasteiger partial charge >= 0.3 is 0 Å². The molecule has 2 aromatic rings. The molecule has 0 aromatic heterocycles. The van der Waals surface area contributed by atoms with Crippen LogP contribution in [0.1, 0.15) is 49.0 Å². The Bertz CT molecular complexity index is 1140. The molecule has 2 aliphatic heterocycles. The molecule has 0 saturated carbocycles. The molecule has 0 radical (unpaired) electrons. The Kier molecular flexibility index (Phi) is 7.14. The molecule has 0 aliphatic carbocycles. The predicted molar refractivity (Wildman–Crippen MR) is 129 cm³/mol. The molecule has 2 fully saturated rings. The molecule has 0 amide bonds. The van der Waals surface area contributed by atoms with Crippen molar-refractivity contribution in [1.82, 2.24) is 8.61 Å². The van der Waals surface area contributed by atoms with E-state index in [1.807, 2.05) is 61.5 Å². The number of rotatable bonds is 6. The maximum absolute atomic E-state index is 13.4.